The molecule has 0 aliphatic rings. The largest absolute Gasteiger partial charge is 0.493 e. The highest BCUT2D eigenvalue weighted by molar-refractivity contribution is 5.76. The van der Waals surface area contributed by atoms with Crippen LogP contribution in [0.5, 0.6) is 17.2 Å². The van der Waals surface area contributed by atoms with E-state index in [1.54, 1.807) is 13.0 Å². The molecule has 2 N–H and O–H groups in total. The number of ether oxygens (including phenoxy) is 4. The molecule has 0 saturated carbocycles. The number of methoxy groups -OCH3 is 2. The van der Waals surface area contributed by atoms with Crippen LogP contribution in [-0.2, 0) is 16.1 Å². The average Bonchev–Trinajstić information content (AvgIpc) is 2.71. The molecule has 0 aromatic heterocycles. The van der Waals surface area contributed by atoms with Crippen molar-refractivity contribution in [2.45, 2.75) is 25.7 Å². The highest BCUT2D eigenvalue weighted by atomic mass is 19.1. The molecule has 1 unspecified atom stereocenters. The van der Waals surface area contributed by atoms with Crippen molar-refractivity contribution < 1.29 is 28.1 Å². The summed E-state index contributed by atoms with van der Waals surface area (Å²) in [5, 5.41) is 0. The third-order valence-corrected chi connectivity index (χ3v) is 3.94. The third-order valence-electron chi connectivity index (χ3n) is 3.94. The highest BCUT2D eigenvalue weighted by Crippen LogP contribution is 2.38. The lowest BCUT2D eigenvalue weighted by Gasteiger charge is -2.21. The summed E-state index contributed by atoms with van der Waals surface area (Å²) in [5.41, 5.74) is 7.21. The van der Waals surface area contributed by atoms with Crippen LogP contribution in [0.4, 0.5) is 4.39 Å². The van der Waals surface area contributed by atoms with Crippen molar-refractivity contribution in [1.29, 1.82) is 0 Å². The lowest BCUT2D eigenvalue weighted by molar-refractivity contribution is -0.149. The third kappa shape index (κ3) is 5.10. The zero-order valence-electron chi connectivity index (χ0n) is 15.6. The van der Waals surface area contributed by atoms with Gasteiger partial charge in [0.2, 0.25) is 6.17 Å². The summed E-state index contributed by atoms with van der Waals surface area (Å²) < 4.78 is 35.6. The summed E-state index contributed by atoms with van der Waals surface area (Å²) >= 11 is 0. The molecule has 0 amide bonds. The molecule has 2 aromatic carbocycles. The Morgan fingerprint density at radius 3 is 2.30 bits per heavy atom. The highest BCUT2D eigenvalue weighted by Gasteiger charge is 2.31. The van der Waals surface area contributed by atoms with Gasteiger partial charge in [-0.25, -0.2) is 9.18 Å². The number of rotatable bonds is 9. The Hall–Kier alpha value is -2.80. The van der Waals surface area contributed by atoms with E-state index in [0.29, 0.717) is 17.2 Å². The number of carbonyl (C=O) groups is 1. The molecule has 0 spiro atoms. The summed E-state index contributed by atoms with van der Waals surface area (Å²) in [6, 6.07) is 11.3. The summed E-state index contributed by atoms with van der Waals surface area (Å²) in [6.45, 7) is 1.91. The van der Waals surface area contributed by atoms with Crippen molar-refractivity contribution in [1.82, 2.24) is 0 Å². The van der Waals surface area contributed by atoms with E-state index < -0.39 is 18.2 Å². The Kier molecular flexibility index (Phi) is 7.43. The molecule has 7 heteroatoms. The molecule has 2 rings (SSSR count). The lowest BCUT2D eigenvalue weighted by Crippen LogP contribution is -2.32. The first-order chi connectivity index (χ1) is 13.0. The molecule has 2 aromatic rings. The zero-order chi connectivity index (χ0) is 19.8. The van der Waals surface area contributed by atoms with E-state index in [9.17, 15) is 9.18 Å². The smallest absolute Gasteiger partial charge is 0.342 e. The molecule has 27 heavy (non-hydrogen) atoms. The number of benzene rings is 2. The van der Waals surface area contributed by atoms with Crippen molar-refractivity contribution in [3.63, 3.8) is 0 Å². The van der Waals surface area contributed by atoms with Gasteiger partial charge in [0.1, 0.15) is 12.4 Å². The van der Waals surface area contributed by atoms with Crippen molar-refractivity contribution >= 4 is 5.97 Å². The van der Waals surface area contributed by atoms with E-state index in [2.05, 4.69) is 0 Å². The Bertz CT molecular complexity index is 754. The van der Waals surface area contributed by atoms with Gasteiger partial charge in [0.15, 0.2) is 11.5 Å². The van der Waals surface area contributed by atoms with E-state index in [0.717, 1.165) is 5.56 Å². The molecule has 0 aliphatic carbocycles. The number of carbonyl (C=O) groups excluding carboxylic acids is 1. The van der Waals surface area contributed by atoms with Gasteiger partial charge in [0, 0.05) is 11.6 Å². The first-order valence-electron chi connectivity index (χ1n) is 8.50. The molecule has 0 saturated heterocycles. The second kappa shape index (κ2) is 9.78. The number of nitrogens with two attached hydrogens (primary N) is 1. The SMILES string of the molecule is CCOC(=O)C(F)[C@@H](N)c1cc(OC)c(OC)cc1OCc1ccccc1. The van der Waals surface area contributed by atoms with Gasteiger partial charge < -0.3 is 24.7 Å². The topological polar surface area (TPSA) is 80.0 Å². The molecule has 6 nitrogen and oxygen atoms in total. The Labute approximate surface area is 158 Å². The number of hydrogen-bond donors (Lipinski definition) is 1. The fourth-order valence-electron chi connectivity index (χ4n) is 2.52. The number of hydrogen-bond acceptors (Lipinski definition) is 6. The van der Waals surface area contributed by atoms with Crippen LogP contribution >= 0.6 is 0 Å². The van der Waals surface area contributed by atoms with Crippen LogP contribution in [0.25, 0.3) is 0 Å². The molecule has 0 heterocycles. The maximum Gasteiger partial charge on any atom is 0.342 e. The predicted octanol–water partition coefficient (Wildman–Crippen LogP) is 3.18. The van der Waals surface area contributed by atoms with E-state index in [-0.39, 0.29) is 18.8 Å². The van der Waals surface area contributed by atoms with E-state index in [4.69, 9.17) is 24.7 Å². The van der Waals surface area contributed by atoms with Crippen LogP contribution in [0.2, 0.25) is 0 Å². The minimum atomic E-state index is -2.04. The molecule has 0 bridgehead atoms. The summed E-state index contributed by atoms with van der Waals surface area (Å²) in [6.07, 6.45) is -2.04. The van der Waals surface area contributed by atoms with Crippen LogP contribution in [0.15, 0.2) is 42.5 Å². The van der Waals surface area contributed by atoms with Gasteiger partial charge in [-0.3, -0.25) is 0 Å². The first-order valence-corrected chi connectivity index (χ1v) is 8.50. The van der Waals surface area contributed by atoms with E-state index in [1.807, 2.05) is 30.3 Å². The fourth-order valence-corrected chi connectivity index (χ4v) is 2.52. The number of halogens is 1. The van der Waals surface area contributed by atoms with Gasteiger partial charge in [-0.05, 0) is 18.6 Å². The summed E-state index contributed by atoms with van der Waals surface area (Å²) in [4.78, 5) is 11.8. The second-order valence-electron chi connectivity index (χ2n) is 5.70. The maximum absolute atomic E-state index is 14.5. The van der Waals surface area contributed by atoms with Gasteiger partial charge in [0.05, 0.1) is 26.9 Å². The van der Waals surface area contributed by atoms with Crippen LogP contribution in [0.1, 0.15) is 24.1 Å². The quantitative estimate of drug-likeness (QED) is 0.676. The van der Waals surface area contributed by atoms with Crippen molar-refractivity contribution in [3.8, 4) is 17.2 Å². The Morgan fingerprint density at radius 2 is 1.70 bits per heavy atom. The minimum Gasteiger partial charge on any atom is -0.493 e. The summed E-state index contributed by atoms with van der Waals surface area (Å²) in [7, 11) is 2.94. The van der Waals surface area contributed by atoms with Crippen molar-refractivity contribution in [3.05, 3.63) is 53.6 Å². The van der Waals surface area contributed by atoms with Gasteiger partial charge in [0.25, 0.3) is 0 Å². The average molecular weight is 377 g/mol. The fraction of sp³-hybridized carbons (Fsp3) is 0.350. The molecule has 0 fully saturated rings. The molecule has 0 radical (unpaired) electrons. The molecule has 0 aliphatic heterocycles. The van der Waals surface area contributed by atoms with Crippen LogP contribution in [0, 0.1) is 0 Å². The maximum atomic E-state index is 14.5. The normalized spacial score (nSPS) is 12.8. The van der Waals surface area contributed by atoms with E-state index >= 15 is 0 Å². The predicted molar refractivity (Wildman–Crippen MR) is 98.8 cm³/mol. The van der Waals surface area contributed by atoms with Crippen LogP contribution < -0.4 is 19.9 Å². The zero-order valence-corrected chi connectivity index (χ0v) is 15.6. The van der Waals surface area contributed by atoms with Gasteiger partial charge in [-0.1, -0.05) is 30.3 Å². The number of esters is 1. The molecular weight excluding hydrogens is 353 g/mol. The van der Waals surface area contributed by atoms with Crippen molar-refractivity contribution in [2.75, 3.05) is 20.8 Å². The van der Waals surface area contributed by atoms with Gasteiger partial charge in [-0.15, -0.1) is 0 Å². The minimum absolute atomic E-state index is 0.0648. The van der Waals surface area contributed by atoms with E-state index in [1.165, 1.54) is 20.3 Å². The van der Waals surface area contributed by atoms with Crippen molar-refractivity contribution in [2.24, 2.45) is 5.73 Å². The van der Waals surface area contributed by atoms with Gasteiger partial charge >= 0.3 is 5.97 Å². The lowest BCUT2D eigenvalue weighted by atomic mass is 10.0. The molecule has 2 atom stereocenters. The standard InChI is InChI=1S/C20H24FNO5/c1-4-26-20(23)18(21)19(22)14-10-16(24-2)17(25-3)11-15(14)27-12-13-8-6-5-7-9-13/h5-11,18-19H,4,12,22H2,1-3H3/t18?,19-/m0/s1. The molecular formula is C20H24FNO5. The second-order valence-corrected chi connectivity index (χ2v) is 5.70. The number of alkyl halides is 1. The first kappa shape index (κ1) is 20.5. The van der Waals surface area contributed by atoms with Crippen LogP contribution in [-0.4, -0.2) is 33.0 Å². The Balaban J connectivity index is 2.35. The van der Waals surface area contributed by atoms with Crippen LogP contribution in [0.3, 0.4) is 0 Å². The Morgan fingerprint density at radius 1 is 1.07 bits per heavy atom. The summed E-state index contributed by atoms with van der Waals surface area (Å²) in [5.74, 6) is 0.0406. The monoisotopic (exact) mass is 377 g/mol. The molecule has 146 valence electrons. The van der Waals surface area contributed by atoms with Gasteiger partial charge in [-0.2, -0.15) is 0 Å².